The molecule has 12 heteroatoms. The van der Waals surface area contributed by atoms with E-state index in [9.17, 15) is 14.0 Å². The van der Waals surface area contributed by atoms with Crippen LogP contribution >= 0.6 is 0 Å². The number of halogens is 1. The van der Waals surface area contributed by atoms with Crippen molar-refractivity contribution in [1.29, 1.82) is 0 Å². The van der Waals surface area contributed by atoms with Crippen LogP contribution in [0.4, 0.5) is 33.2 Å². The van der Waals surface area contributed by atoms with E-state index in [1.807, 2.05) is 17.0 Å². The number of hydrogen-bond donors (Lipinski definition) is 4. The van der Waals surface area contributed by atoms with E-state index >= 15 is 0 Å². The molecule has 11 nitrogen and oxygen atoms in total. The third kappa shape index (κ3) is 5.52. The van der Waals surface area contributed by atoms with Crippen LogP contribution in [0.5, 0.6) is 5.75 Å². The lowest BCUT2D eigenvalue weighted by molar-refractivity contribution is -0.119. The molecule has 2 aliphatic rings. The van der Waals surface area contributed by atoms with Crippen molar-refractivity contribution in [2.24, 2.45) is 0 Å². The molecule has 2 aromatic carbocycles. The highest BCUT2D eigenvalue weighted by molar-refractivity contribution is 6.02. The zero-order chi connectivity index (χ0) is 31.0. The summed E-state index contributed by atoms with van der Waals surface area (Å²) in [6.07, 6.45) is 4.80. The number of carbonyl (C=O) groups excluding carboxylic acids is 2. The molecule has 0 atom stereocenters. The van der Waals surface area contributed by atoms with Crippen LogP contribution in [0, 0.1) is 5.82 Å². The fourth-order valence-electron chi connectivity index (χ4n) is 6.05. The monoisotopic (exact) mass is 600 g/mol. The number of H-pyrrole nitrogens is 1. The van der Waals surface area contributed by atoms with Gasteiger partial charge in [0.05, 0.1) is 36.0 Å². The van der Waals surface area contributed by atoms with E-state index in [-0.39, 0.29) is 28.5 Å². The van der Waals surface area contributed by atoms with Crippen molar-refractivity contribution in [2.75, 3.05) is 55.9 Å². The van der Waals surface area contributed by atoms with Gasteiger partial charge in [0.25, 0.3) is 5.91 Å². The molecule has 0 bridgehead atoms. The Morgan fingerprint density at radius 1 is 1.07 bits per heavy atom. The molecule has 4 heterocycles. The van der Waals surface area contributed by atoms with Gasteiger partial charge >= 0.3 is 0 Å². The van der Waals surface area contributed by atoms with Crippen molar-refractivity contribution in [3.63, 3.8) is 0 Å². The molecular weight excluding hydrogens is 563 g/mol. The van der Waals surface area contributed by atoms with E-state index in [0.717, 1.165) is 43.6 Å². The predicted molar refractivity (Wildman–Crippen MR) is 169 cm³/mol. The summed E-state index contributed by atoms with van der Waals surface area (Å²) in [5.41, 5.74) is 2.98. The van der Waals surface area contributed by atoms with Crippen molar-refractivity contribution >= 4 is 51.7 Å². The Labute approximate surface area is 255 Å². The molecule has 44 heavy (non-hydrogen) atoms. The van der Waals surface area contributed by atoms with E-state index in [1.165, 1.54) is 19.2 Å². The Hall–Kier alpha value is -4.71. The Morgan fingerprint density at radius 2 is 1.86 bits per heavy atom. The third-order valence-corrected chi connectivity index (χ3v) is 8.54. The molecular formula is C32H37FN8O3. The van der Waals surface area contributed by atoms with E-state index in [2.05, 4.69) is 44.7 Å². The summed E-state index contributed by atoms with van der Waals surface area (Å²) in [5.74, 6) is 0.0600. The molecule has 1 saturated heterocycles. The predicted octanol–water partition coefficient (Wildman–Crippen LogP) is 5.06. The number of aromatic nitrogens is 3. The second-order valence-corrected chi connectivity index (χ2v) is 11.9. The Morgan fingerprint density at radius 3 is 2.61 bits per heavy atom. The number of benzene rings is 2. The lowest BCUT2D eigenvalue weighted by Crippen LogP contribution is -2.45. The van der Waals surface area contributed by atoms with E-state index < -0.39 is 11.7 Å². The smallest absolute Gasteiger partial charge is 0.256 e. The summed E-state index contributed by atoms with van der Waals surface area (Å²) < 4.78 is 20.5. The van der Waals surface area contributed by atoms with Crippen molar-refractivity contribution in [3.05, 3.63) is 59.5 Å². The number of methoxy groups -OCH3 is 1. The first-order valence-corrected chi connectivity index (χ1v) is 14.8. The second-order valence-electron chi connectivity index (χ2n) is 11.9. The molecule has 0 unspecified atom stereocenters. The minimum atomic E-state index is -0.655. The number of amides is 2. The third-order valence-electron chi connectivity index (χ3n) is 8.54. The van der Waals surface area contributed by atoms with Gasteiger partial charge in [-0.2, -0.15) is 9.97 Å². The van der Waals surface area contributed by atoms with Gasteiger partial charge in [0.15, 0.2) is 0 Å². The van der Waals surface area contributed by atoms with E-state index in [4.69, 9.17) is 9.72 Å². The highest BCUT2D eigenvalue weighted by Gasteiger charge is 2.35. The van der Waals surface area contributed by atoms with Gasteiger partial charge in [0, 0.05) is 25.5 Å². The fraction of sp³-hybridized carbons (Fsp3) is 0.375. The molecule has 6 rings (SSSR count). The molecule has 0 spiro atoms. The van der Waals surface area contributed by atoms with Crippen LogP contribution in [-0.4, -0.2) is 72.0 Å². The van der Waals surface area contributed by atoms with E-state index in [1.54, 1.807) is 25.4 Å². The number of likely N-dealkylation sites (tertiary alicyclic amines) is 1. The number of rotatable bonds is 8. The van der Waals surface area contributed by atoms with Crippen molar-refractivity contribution < 1.29 is 18.7 Å². The number of aromatic amines is 1. The van der Waals surface area contributed by atoms with Crippen LogP contribution in [0.25, 0.3) is 11.0 Å². The van der Waals surface area contributed by atoms with Gasteiger partial charge in [-0.05, 0) is 73.7 Å². The van der Waals surface area contributed by atoms with Gasteiger partial charge in [-0.1, -0.05) is 19.9 Å². The average Bonchev–Trinajstić information content (AvgIpc) is 3.69. The van der Waals surface area contributed by atoms with Crippen LogP contribution in [0.15, 0.2) is 42.6 Å². The Balaban J connectivity index is 1.38. The zero-order valence-corrected chi connectivity index (χ0v) is 25.4. The first-order chi connectivity index (χ1) is 21.2. The Kier molecular flexibility index (Phi) is 7.85. The molecule has 4 aromatic rings. The molecule has 2 aromatic heterocycles. The largest absolute Gasteiger partial charge is 0.495 e. The molecule has 230 valence electrons. The summed E-state index contributed by atoms with van der Waals surface area (Å²) >= 11 is 0. The summed E-state index contributed by atoms with van der Waals surface area (Å²) in [7, 11) is 3.05. The van der Waals surface area contributed by atoms with Crippen LogP contribution in [0.1, 0.15) is 49.0 Å². The second kappa shape index (κ2) is 11.8. The first-order valence-electron chi connectivity index (χ1n) is 14.8. The minimum Gasteiger partial charge on any atom is -0.495 e. The average molecular weight is 601 g/mol. The molecule has 0 aliphatic carbocycles. The van der Waals surface area contributed by atoms with Crippen LogP contribution < -0.4 is 25.6 Å². The fourth-order valence-corrected chi connectivity index (χ4v) is 6.05. The molecule has 2 amide bonds. The van der Waals surface area contributed by atoms with Crippen molar-refractivity contribution in [3.8, 4) is 5.75 Å². The van der Waals surface area contributed by atoms with Gasteiger partial charge in [0.2, 0.25) is 11.9 Å². The summed E-state index contributed by atoms with van der Waals surface area (Å²) in [5, 5.41) is 9.56. The highest BCUT2D eigenvalue weighted by Crippen LogP contribution is 2.45. The van der Waals surface area contributed by atoms with Crippen LogP contribution in [0.3, 0.4) is 0 Å². The molecule has 0 radical (unpaired) electrons. The van der Waals surface area contributed by atoms with Crippen molar-refractivity contribution in [1.82, 2.24) is 25.2 Å². The molecule has 2 aliphatic heterocycles. The summed E-state index contributed by atoms with van der Waals surface area (Å²) in [6, 6.07) is 10.1. The van der Waals surface area contributed by atoms with Gasteiger partial charge < -0.3 is 30.6 Å². The topological polar surface area (TPSA) is 128 Å². The van der Waals surface area contributed by atoms with E-state index in [0.29, 0.717) is 41.4 Å². The maximum atomic E-state index is 14.7. The number of carbonyl (C=O) groups is 2. The summed E-state index contributed by atoms with van der Waals surface area (Å²) in [4.78, 5) is 42.6. The number of ether oxygens (including phenoxy) is 1. The molecule has 0 saturated carbocycles. The van der Waals surface area contributed by atoms with Gasteiger partial charge in [-0.3, -0.25) is 14.5 Å². The number of nitrogens with zero attached hydrogens (tertiary/aromatic N) is 4. The number of nitrogens with one attached hydrogen (secondary N) is 4. The Bertz CT molecular complexity index is 1730. The number of hydrogen-bond acceptors (Lipinski definition) is 8. The number of fused-ring (bicyclic) bond motifs is 2. The van der Waals surface area contributed by atoms with Gasteiger partial charge in [0.1, 0.15) is 23.0 Å². The lowest BCUT2D eigenvalue weighted by atomic mass is 9.77. The maximum absolute atomic E-state index is 14.7. The summed E-state index contributed by atoms with van der Waals surface area (Å²) in [6.45, 7) is 7.28. The van der Waals surface area contributed by atoms with Gasteiger partial charge in [-0.15, -0.1) is 0 Å². The van der Waals surface area contributed by atoms with Gasteiger partial charge in [-0.25, -0.2) is 4.39 Å². The minimum absolute atomic E-state index is 0.0809. The standard InChI is InChI=1S/C32H37FN8O3/c1-32(2)11-15-41(26(42)18-40-13-5-6-14-40)24-17-23(25(44-4)16-20(24)32)37-31-38-28-19(10-12-35-28)29(39-31)36-22-9-7-8-21(33)27(22)30(43)34-3/h7-10,12,16-17H,5-6,11,13-15,18H2,1-4H3,(H,34,43)(H3,35,36,37,38,39). The lowest BCUT2D eigenvalue weighted by Gasteiger charge is -2.40. The van der Waals surface area contributed by atoms with Crippen molar-refractivity contribution in [2.45, 2.75) is 38.5 Å². The number of anilines is 5. The van der Waals surface area contributed by atoms with Crippen LogP contribution in [-0.2, 0) is 10.2 Å². The zero-order valence-electron chi connectivity index (χ0n) is 25.4. The first kappa shape index (κ1) is 29.4. The quantitative estimate of drug-likeness (QED) is 0.221. The normalized spacial score (nSPS) is 16.1. The SMILES string of the molecule is CNC(=O)c1c(F)cccc1Nc1nc(Nc2cc3c(cc2OC)C(C)(C)CCN3C(=O)CN2CCCC2)nc2[nH]ccc12. The highest BCUT2D eigenvalue weighted by atomic mass is 19.1. The molecule has 1 fully saturated rings. The maximum Gasteiger partial charge on any atom is 0.256 e. The van der Waals surface area contributed by atoms with Crippen LogP contribution in [0.2, 0.25) is 0 Å². The molecule has 4 N–H and O–H groups in total.